The smallest absolute Gasteiger partial charge is 0.263 e. The quantitative estimate of drug-likeness (QED) is 0.825. The first-order valence-corrected chi connectivity index (χ1v) is 8.15. The van der Waals surface area contributed by atoms with Gasteiger partial charge in [0, 0.05) is 4.47 Å². The van der Waals surface area contributed by atoms with E-state index in [1.807, 2.05) is 29.6 Å². The number of halogens is 1. The lowest BCUT2D eigenvalue weighted by Gasteiger charge is -2.32. The van der Waals surface area contributed by atoms with Crippen molar-refractivity contribution in [3.8, 4) is 0 Å². The Balaban J connectivity index is 2.26. The molecule has 1 heterocycles. The van der Waals surface area contributed by atoms with E-state index < -0.39 is 0 Å². The molecule has 0 spiro atoms. The van der Waals surface area contributed by atoms with E-state index in [9.17, 15) is 4.79 Å². The molecule has 0 fully saturated rings. The Labute approximate surface area is 132 Å². The van der Waals surface area contributed by atoms with Crippen LogP contribution in [0, 0.1) is 5.41 Å². The summed E-state index contributed by atoms with van der Waals surface area (Å²) < 4.78 is 0.848. The van der Waals surface area contributed by atoms with Crippen LogP contribution in [0.3, 0.4) is 0 Å². The molecule has 2 nitrogen and oxygen atoms in total. The van der Waals surface area contributed by atoms with E-state index in [0.717, 1.165) is 14.9 Å². The maximum Gasteiger partial charge on any atom is 0.263 e. The summed E-state index contributed by atoms with van der Waals surface area (Å²) in [5, 5.41) is 5.07. The van der Waals surface area contributed by atoms with Crippen molar-refractivity contribution in [1.82, 2.24) is 5.32 Å². The van der Waals surface area contributed by atoms with Gasteiger partial charge in [-0.05, 0) is 38.4 Å². The summed E-state index contributed by atoms with van der Waals surface area (Å²) in [5.41, 5.74) is 1.07. The summed E-state index contributed by atoms with van der Waals surface area (Å²) in [6, 6.07) is 12.0. The number of hydrogen-bond donors (Lipinski definition) is 1. The fourth-order valence-corrected chi connectivity index (χ4v) is 3.55. The number of carbonyl (C=O) groups excluding carboxylic acids is 1. The molecular formula is C16H18BrNOS. The highest BCUT2D eigenvalue weighted by molar-refractivity contribution is 9.10. The maximum atomic E-state index is 12.4. The highest BCUT2D eigenvalue weighted by atomic mass is 79.9. The molecule has 0 saturated heterocycles. The second-order valence-corrected chi connectivity index (χ2v) is 7.55. The van der Waals surface area contributed by atoms with Gasteiger partial charge in [0.1, 0.15) is 4.88 Å². The Hall–Kier alpha value is -1.13. The molecule has 0 aliphatic heterocycles. The van der Waals surface area contributed by atoms with Crippen molar-refractivity contribution in [2.75, 3.05) is 0 Å². The van der Waals surface area contributed by atoms with Crippen LogP contribution in [0.15, 0.2) is 46.3 Å². The lowest BCUT2D eigenvalue weighted by Crippen LogP contribution is -2.36. The third kappa shape index (κ3) is 3.49. The molecule has 1 N–H and O–H groups in total. The summed E-state index contributed by atoms with van der Waals surface area (Å²) in [4.78, 5) is 13.1. The number of rotatable bonds is 3. The van der Waals surface area contributed by atoms with E-state index in [0.29, 0.717) is 0 Å². The second kappa shape index (κ2) is 6.10. The maximum absolute atomic E-state index is 12.4. The summed E-state index contributed by atoms with van der Waals surface area (Å²) in [5.74, 6) is -0.0318. The number of amides is 1. The third-order valence-corrected chi connectivity index (χ3v) is 4.93. The largest absolute Gasteiger partial charge is 0.344 e. The minimum atomic E-state index is -0.0548. The molecule has 106 valence electrons. The molecule has 0 aliphatic rings. The molecule has 0 radical (unpaired) electrons. The van der Waals surface area contributed by atoms with Crippen LogP contribution in [0.25, 0.3) is 0 Å². The molecule has 1 aromatic heterocycles. The van der Waals surface area contributed by atoms with Crippen LogP contribution in [0.4, 0.5) is 0 Å². The zero-order chi connectivity index (χ0) is 14.8. The van der Waals surface area contributed by atoms with Crippen molar-refractivity contribution in [3.63, 3.8) is 0 Å². The van der Waals surface area contributed by atoms with Gasteiger partial charge in [-0.15, -0.1) is 11.3 Å². The SMILES string of the molecule is CC(C)(C)C(NC(=O)c1sccc1Br)c1ccccc1. The first kappa shape index (κ1) is 15.3. The van der Waals surface area contributed by atoms with Gasteiger partial charge in [-0.2, -0.15) is 0 Å². The van der Waals surface area contributed by atoms with Crippen LogP contribution in [-0.4, -0.2) is 5.91 Å². The Morgan fingerprint density at radius 1 is 1.20 bits per heavy atom. The van der Waals surface area contributed by atoms with E-state index in [1.165, 1.54) is 11.3 Å². The number of nitrogens with one attached hydrogen (secondary N) is 1. The van der Waals surface area contributed by atoms with Gasteiger partial charge in [0.15, 0.2) is 0 Å². The Morgan fingerprint density at radius 2 is 1.85 bits per heavy atom. The average molecular weight is 352 g/mol. The van der Waals surface area contributed by atoms with Crippen molar-refractivity contribution in [1.29, 1.82) is 0 Å². The van der Waals surface area contributed by atoms with Gasteiger partial charge in [0.2, 0.25) is 0 Å². The molecule has 4 heteroatoms. The second-order valence-electron chi connectivity index (χ2n) is 5.78. The summed E-state index contributed by atoms with van der Waals surface area (Å²) >= 11 is 4.86. The number of hydrogen-bond acceptors (Lipinski definition) is 2. The summed E-state index contributed by atoms with van der Waals surface area (Å²) in [6.07, 6.45) is 0. The Kier molecular flexibility index (Phi) is 4.66. The number of thiophene rings is 1. The molecule has 0 bridgehead atoms. The summed E-state index contributed by atoms with van der Waals surface area (Å²) in [7, 11) is 0. The molecular weight excluding hydrogens is 334 g/mol. The van der Waals surface area contributed by atoms with Gasteiger partial charge in [-0.1, -0.05) is 51.1 Å². The van der Waals surface area contributed by atoms with E-state index in [1.54, 1.807) is 0 Å². The highest BCUT2D eigenvalue weighted by Gasteiger charge is 2.28. The topological polar surface area (TPSA) is 29.1 Å². The summed E-state index contributed by atoms with van der Waals surface area (Å²) in [6.45, 7) is 6.40. The Morgan fingerprint density at radius 3 is 2.35 bits per heavy atom. The lowest BCUT2D eigenvalue weighted by molar-refractivity contribution is 0.0905. The molecule has 0 aliphatic carbocycles. The minimum Gasteiger partial charge on any atom is -0.344 e. The highest BCUT2D eigenvalue weighted by Crippen LogP contribution is 2.33. The standard InChI is InChI=1S/C16H18BrNOS/c1-16(2,3)14(11-7-5-4-6-8-11)18-15(19)13-12(17)9-10-20-13/h4-10,14H,1-3H3,(H,18,19). The molecule has 2 rings (SSSR count). The van der Waals surface area contributed by atoms with Crippen LogP contribution in [0.1, 0.15) is 42.0 Å². The van der Waals surface area contributed by atoms with Crippen LogP contribution >= 0.6 is 27.3 Å². The molecule has 0 saturated carbocycles. The Bertz CT molecular complexity index is 586. The van der Waals surface area contributed by atoms with Crippen LogP contribution in [-0.2, 0) is 0 Å². The van der Waals surface area contributed by atoms with Crippen LogP contribution in [0.2, 0.25) is 0 Å². The normalized spacial score (nSPS) is 13.0. The van der Waals surface area contributed by atoms with Crippen molar-refractivity contribution < 1.29 is 4.79 Å². The fourth-order valence-electron chi connectivity index (χ4n) is 2.10. The monoisotopic (exact) mass is 351 g/mol. The van der Waals surface area contributed by atoms with Gasteiger partial charge in [-0.25, -0.2) is 0 Å². The van der Waals surface area contributed by atoms with E-state index in [-0.39, 0.29) is 17.4 Å². The predicted octanol–water partition coefficient (Wildman–Crippen LogP) is 5.03. The van der Waals surface area contributed by atoms with Gasteiger partial charge in [-0.3, -0.25) is 4.79 Å². The van der Waals surface area contributed by atoms with E-state index in [4.69, 9.17) is 0 Å². The van der Waals surface area contributed by atoms with Crippen LogP contribution in [0.5, 0.6) is 0 Å². The first-order valence-electron chi connectivity index (χ1n) is 6.48. The average Bonchev–Trinajstić information content (AvgIpc) is 2.82. The van der Waals surface area contributed by atoms with Gasteiger partial charge < -0.3 is 5.32 Å². The third-order valence-electron chi connectivity index (χ3n) is 3.10. The minimum absolute atomic E-state index is 0.0230. The zero-order valence-corrected chi connectivity index (χ0v) is 14.2. The van der Waals surface area contributed by atoms with Gasteiger partial charge >= 0.3 is 0 Å². The van der Waals surface area contributed by atoms with Gasteiger partial charge in [0.05, 0.1) is 6.04 Å². The van der Waals surface area contributed by atoms with Gasteiger partial charge in [0.25, 0.3) is 5.91 Å². The van der Waals surface area contributed by atoms with Crippen molar-refractivity contribution >= 4 is 33.2 Å². The zero-order valence-electron chi connectivity index (χ0n) is 11.8. The predicted molar refractivity (Wildman–Crippen MR) is 88.1 cm³/mol. The van der Waals surface area contributed by atoms with Crippen molar-refractivity contribution in [3.05, 3.63) is 56.7 Å². The number of benzene rings is 1. The van der Waals surface area contributed by atoms with E-state index >= 15 is 0 Å². The molecule has 1 unspecified atom stereocenters. The molecule has 1 amide bonds. The number of carbonyl (C=O) groups is 1. The first-order chi connectivity index (χ1) is 9.39. The van der Waals surface area contributed by atoms with E-state index in [2.05, 4.69) is 54.2 Å². The van der Waals surface area contributed by atoms with Crippen molar-refractivity contribution in [2.45, 2.75) is 26.8 Å². The molecule has 2 aromatic rings. The van der Waals surface area contributed by atoms with Crippen LogP contribution < -0.4 is 5.32 Å². The molecule has 1 atom stereocenters. The fraction of sp³-hybridized carbons (Fsp3) is 0.312. The molecule has 20 heavy (non-hydrogen) atoms. The lowest BCUT2D eigenvalue weighted by atomic mass is 9.82. The van der Waals surface area contributed by atoms with Crippen molar-refractivity contribution in [2.24, 2.45) is 5.41 Å². The molecule has 1 aromatic carbocycles.